The number of carbonyl (C=O) groups is 1. The van der Waals surface area contributed by atoms with Crippen LogP contribution in [-0.4, -0.2) is 37.0 Å². The summed E-state index contributed by atoms with van der Waals surface area (Å²) in [7, 11) is -3.24. The van der Waals surface area contributed by atoms with Gasteiger partial charge in [0.1, 0.15) is 11.6 Å². The fourth-order valence-electron chi connectivity index (χ4n) is 2.96. The molecular weight excluding hydrogens is 342 g/mol. The van der Waals surface area contributed by atoms with Crippen LogP contribution in [0, 0.1) is 0 Å². The third-order valence-electron chi connectivity index (χ3n) is 4.23. The van der Waals surface area contributed by atoms with Crippen LogP contribution in [0.3, 0.4) is 0 Å². The Morgan fingerprint density at radius 1 is 1.24 bits per heavy atom. The van der Waals surface area contributed by atoms with E-state index in [0.717, 1.165) is 19.1 Å². The average Bonchev–Trinajstić information content (AvgIpc) is 3.23. The van der Waals surface area contributed by atoms with Crippen molar-refractivity contribution in [1.82, 2.24) is 9.78 Å². The fraction of sp³-hybridized carbons (Fsp3) is 0.412. The van der Waals surface area contributed by atoms with Gasteiger partial charge >= 0.3 is 0 Å². The van der Waals surface area contributed by atoms with Crippen molar-refractivity contribution in [3.63, 3.8) is 0 Å². The van der Waals surface area contributed by atoms with Gasteiger partial charge in [-0.1, -0.05) is 12.8 Å². The zero-order valence-electron chi connectivity index (χ0n) is 14.0. The molecule has 0 atom stereocenters. The van der Waals surface area contributed by atoms with Crippen LogP contribution >= 0.6 is 0 Å². The SMILES string of the molecule is CS(=O)(=O)c1ccc(OCC(=O)Nc2ccnn2C2CCCC2)cc1. The molecule has 1 aromatic carbocycles. The van der Waals surface area contributed by atoms with Gasteiger partial charge in [0.25, 0.3) is 5.91 Å². The van der Waals surface area contributed by atoms with E-state index in [9.17, 15) is 13.2 Å². The monoisotopic (exact) mass is 363 g/mol. The van der Waals surface area contributed by atoms with Gasteiger partial charge < -0.3 is 10.1 Å². The van der Waals surface area contributed by atoms with Gasteiger partial charge in [0, 0.05) is 12.3 Å². The highest BCUT2D eigenvalue weighted by atomic mass is 32.2. The van der Waals surface area contributed by atoms with Crippen molar-refractivity contribution >= 4 is 21.6 Å². The minimum Gasteiger partial charge on any atom is -0.484 e. The topological polar surface area (TPSA) is 90.3 Å². The van der Waals surface area contributed by atoms with Crippen molar-refractivity contribution in [1.29, 1.82) is 0 Å². The summed E-state index contributed by atoms with van der Waals surface area (Å²) in [6, 6.07) is 8.10. The maximum absolute atomic E-state index is 12.1. The van der Waals surface area contributed by atoms with Gasteiger partial charge in [-0.25, -0.2) is 13.1 Å². The summed E-state index contributed by atoms with van der Waals surface area (Å²) < 4.78 is 30.1. The second-order valence-electron chi connectivity index (χ2n) is 6.18. The van der Waals surface area contributed by atoms with E-state index in [1.165, 1.54) is 37.1 Å². The number of nitrogens with zero attached hydrogens (tertiary/aromatic N) is 2. The molecule has 0 aliphatic heterocycles. The zero-order chi connectivity index (χ0) is 17.9. The molecular formula is C17H21N3O4S. The highest BCUT2D eigenvalue weighted by Crippen LogP contribution is 2.31. The van der Waals surface area contributed by atoms with E-state index < -0.39 is 9.84 Å². The number of hydrogen-bond donors (Lipinski definition) is 1. The highest BCUT2D eigenvalue weighted by Gasteiger charge is 2.20. The van der Waals surface area contributed by atoms with Gasteiger partial charge in [0.15, 0.2) is 16.4 Å². The summed E-state index contributed by atoms with van der Waals surface area (Å²) in [5, 5.41) is 7.12. The lowest BCUT2D eigenvalue weighted by atomic mass is 10.2. The Kier molecular flexibility index (Phi) is 5.08. The molecule has 0 bridgehead atoms. The van der Waals surface area contributed by atoms with Crippen molar-refractivity contribution in [2.24, 2.45) is 0 Å². The fourth-order valence-corrected chi connectivity index (χ4v) is 3.59. The van der Waals surface area contributed by atoms with Crippen molar-refractivity contribution in [2.45, 2.75) is 36.6 Å². The average molecular weight is 363 g/mol. The number of ether oxygens (including phenoxy) is 1. The van der Waals surface area contributed by atoms with E-state index in [-0.39, 0.29) is 17.4 Å². The first kappa shape index (κ1) is 17.5. The number of aromatic nitrogens is 2. The van der Waals surface area contributed by atoms with E-state index in [1.807, 2.05) is 4.68 Å². The zero-order valence-corrected chi connectivity index (χ0v) is 14.8. The predicted octanol–water partition coefficient (Wildman–Crippen LogP) is 2.42. The van der Waals surface area contributed by atoms with Gasteiger partial charge in [-0.15, -0.1) is 0 Å². The molecule has 0 spiro atoms. The Labute approximate surface area is 146 Å². The van der Waals surface area contributed by atoms with Crippen LogP contribution in [0.5, 0.6) is 5.75 Å². The molecule has 1 aliphatic rings. The number of sulfone groups is 1. The van der Waals surface area contributed by atoms with E-state index in [4.69, 9.17) is 4.74 Å². The molecule has 1 amide bonds. The first-order chi connectivity index (χ1) is 11.9. The standard InChI is InChI=1S/C17H21N3O4S/c1-25(22,23)15-8-6-14(7-9-15)24-12-17(21)19-16-10-11-18-20(16)13-4-2-3-5-13/h6-11,13H,2-5,12H2,1H3,(H,19,21). The number of carbonyl (C=O) groups excluding carboxylic acids is 1. The van der Waals surface area contributed by atoms with Crippen molar-refractivity contribution in [3.8, 4) is 5.75 Å². The summed E-state index contributed by atoms with van der Waals surface area (Å²) in [5.74, 6) is 0.826. The highest BCUT2D eigenvalue weighted by molar-refractivity contribution is 7.90. The van der Waals surface area contributed by atoms with Gasteiger partial charge in [-0.2, -0.15) is 5.10 Å². The molecule has 25 heavy (non-hydrogen) atoms. The van der Waals surface area contributed by atoms with E-state index in [2.05, 4.69) is 10.4 Å². The summed E-state index contributed by atoms with van der Waals surface area (Å²) in [5.41, 5.74) is 0. The van der Waals surface area contributed by atoms with Crippen LogP contribution in [0.1, 0.15) is 31.7 Å². The molecule has 1 heterocycles. The molecule has 0 unspecified atom stereocenters. The molecule has 0 radical (unpaired) electrons. The summed E-state index contributed by atoms with van der Waals surface area (Å²) in [4.78, 5) is 12.3. The largest absolute Gasteiger partial charge is 0.484 e. The van der Waals surface area contributed by atoms with Crippen LogP contribution in [0.15, 0.2) is 41.4 Å². The van der Waals surface area contributed by atoms with Gasteiger partial charge in [-0.05, 0) is 37.1 Å². The third-order valence-corrected chi connectivity index (χ3v) is 5.36. The van der Waals surface area contributed by atoms with Crippen LogP contribution in [0.25, 0.3) is 0 Å². The Morgan fingerprint density at radius 2 is 1.92 bits per heavy atom. The first-order valence-corrected chi connectivity index (χ1v) is 10.1. The third kappa shape index (κ3) is 4.39. The second kappa shape index (κ2) is 7.26. The number of amides is 1. The molecule has 0 saturated heterocycles. The summed E-state index contributed by atoms with van der Waals surface area (Å²) in [6.07, 6.45) is 7.35. The van der Waals surface area contributed by atoms with E-state index >= 15 is 0 Å². The Bertz CT molecular complexity index is 837. The predicted molar refractivity (Wildman–Crippen MR) is 93.4 cm³/mol. The normalized spacial score (nSPS) is 15.2. The number of benzene rings is 1. The molecule has 1 aliphatic carbocycles. The van der Waals surface area contributed by atoms with E-state index in [1.54, 1.807) is 12.3 Å². The first-order valence-electron chi connectivity index (χ1n) is 8.20. The molecule has 8 heteroatoms. The van der Waals surface area contributed by atoms with Crippen LogP contribution < -0.4 is 10.1 Å². The van der Waals surface area contributed by atoms with Crippen molar-refractivity contribution < 1.29 is 17.9 Å². The van der Waals surface area contributed by atoms with Crippen LogP contribution in [0.4, 0.5) is 5.82 Å². The number of anilines is 1. The molecule has 134 valence electrons. The number of hydrogen-bond acceptors (Lipinski definition) is 5. The Hall–Kier alpha value is -2.35. The molecule has 2 aromatic rings. The lowest BCUT2D eigenvalue weighted by molar-refractivity contribution is -0.118. The smallest absolute Gasteiger partial charge is 0.263 e. The quantitative estimate of drug-likeness (QED) is 0.851. The molecule has 7 nitrogen and oxygen atoms in total. The van der Waals surface area contributed by atoms with Crippen LogP contribution in [0.2, 0.25) is 0 Å². The summed E-state index contributed by atoms with van der Waals surface area (Å²) >= 11 is 0. The minimum atomic E-state index is -3.24. The van der Waals surface area contributed by atoms with Crippen molar-refractivity contribution in [2.75, 3.05) is 18.2 Å². The molecule has 1 saturated carbocycles. The van der Waals surface area contributed by atoms with Crippen LogP contribution in [-0.2, 0) is 14.6 Å². The maximum atomic E-state index is 12.1. The lowest BCUT2D eigenvalue weighted by Gasteiger charge is -2.14. The summed E-state index contributed by atoms with van der Waals surface area (Å²) in [6.45, 7) is -0.159. The molecule has 1 aromatic heterocycles. The van der Waals surface area contributed by atoms with Crippen molar-refractivity contribution in [3.05, 3.63) is 36.5 Å². The van der Waals surface area contributed by atoms with Gasteiger partial charge in [0.2, 0.25) is 0 Å². The molecule has 3 rings (SSSR count). The van der Waals surface area contributed by atoms with E-state index in [0.29, 0.717) is 17.6 Å². The Morgan fingerprint density at radius 3 is 2.56 bits per heavy atom. The lowest BCUT2D eigenvalue weighted by Crippen LogP contribution is -2.23. The second-order valence-corrected chi connectivity index (χ2v) is 8.20. The maximum Gasteiger partial charge on any atom is 0.263 e. The van der Waals surface area contributed by atoms with Gasteiger partial charge in [0.05, 0.1) is 17.1 Å². The molecule has 1 N–H and O–H groups in total. The number of rotatable bonds is 6. The minimum absolute atomic E-state index is 0.159. The number of nitrogens with one attached hydrogen (secondary N) is 1. The molecule has 1 fully saturated rings. The Balaban J connectivity index is 1.56. The van der Waals surface area contributed by atoms with Gasteiger partial charge in [-0.3, -0.25) is 4.79 Å².